The lowest BCUT2D eigenvalue weighted by Gasteiger charge is -2.46. The van der Waals surface area contributed by atoms with Crippen LogP contribution in [0.1, 0.15) is 42.7 Å². The van der Waals surface area contributed by atoms with E-state index in [1.54, 1.807) is 12.1 Å². The van der Waals surface area contributed by atoms with Crippen molar-refractivity contribution in [1.82, 2.24) is 5.32 Å². The molecule has 36 heavy (non-hydrogen) atoms. The van der Waals surface area contributed by atoms with E-state index in [2.05, 4.69) is 36.3 Å². The van der Waals surface area contributed by atoms with Gasteiger partial charge in [0.1, 0.15) is 0 Å². The topological polar surface area (TPSA) is 67.4 Å². The SMILES string of the molecule is C[Si](C)(C)CCOC(C(c1cccc(Cl)c1)C1CC1)[C@@H]1CCC(=O)N[C@@]12C(=O)Nc1cc(Cl)ccc12. The molecule has 2 aromatic rings. The van der Waals surface area contributed by atoms with E-state index < -0.39 is 13.6 Å². The molecule has 2 heterocycles. The van der Waals surface area contributed by atoms with E-state index in [0.29, 0.717) is 41.1 Å². The highest BCUT2D eigenvalue weighted by atomic mass is 35.5. The Balaban J connectivity index is 1.61. The maximum Gasteiger partial charge on any atom is 0.255 e. The second-order valence-corrected chi connectivity index (χ2v) is 18.2. The number of piperidine rings is 1. The summed E-state index contributed by atoms with van der Waals surface area (Å²) in [6.07, 6.45) is 2.93. The van der Waals surface area contributed by atoms with E-state index in [9.17, 15) is 9.59 Å². The van der Waals surface area contributed by atoms with Crippen LogP contribution >= 0.6 is 23.2 Å². The maximum absolute atomic E-state index is 13.8. The smallest absolute Gasteiger partial charge is 0.255 e. The summed E-state index contributed by atoms with van der Waals surface area (Å²) in [5.41, 5.74) is 1.38. The van der Waals surface area contributed by atoms with Gasteiger partial charge in [0.25, 0.3) is 5.91 Å². The van der Waals surface area contributed by atoms with Crippen LogP contribution in [0.15, 0.2) is 42.5 Å². The first-order chi connectivity index (χ1) is 17.1. The standard InChI is InChI=1S/C28H34Cl2N2O3Si/c1-36(2,3)14-13-35-26(25(17-7-8-17)18-5-4-6-19(29)15-18)22-11-12-24(33)32-28(22)21-10-9-20(30)16-23(21)31-27(28)34/h4-6,9-10,15-17,22,25-26H,7-8,11-14H2,1-3H3,(H,31,34)(H,32,33)/t22-,25?,26?,28+/m0/s1. The first-order valence-electron chi connectivity index (χ1n) is 12.9. The molecule has 0 aromatic heterocycles. The molecule has 2 aliphatic heterocycles. The Labute approximate surface area is 224 Å². The zero-order valence-electron chi connectivity index (χ0n) is 21.1. The summed E-state index contributed by atoms with van der Waals surface area (Å²) in [5.74, 6) is -0.00702. The number of amides is 2. The molecule has 0 radical (unpaired) electrons. The number of hydrogen-bond donors (Lipinski definition) is 2. The minimum atomic E-state index is -1.35. The predicted molar refractivity (Wildman–Crippen MR) is 147 cm³/mol. The molecule has 8 heteroatoms. The Morgan fingerprint density at radius 1 is 1.06 bits per heavy atom. The van der Waals surface area contributed by atoms with Gasteiger partial charge in [0.15, 0.2) is 5.54 Å². The van der Waals surface area contributed by atoms with Crippen molar-refractivity contribution in [2.24, 2.45) is 11.8 Å². The van der Waals surface area contributed by atoms with Gasteiger partial charge >= 0.3 is 0 Å². The highest BCUT2D eigenvalue weighted by Gasteiger charge is 2.59. The Hall–Kier alpha value is -1.86. The van der Waals surface area contributed by atoms with Gasteiger partial charge in [-0.05, 0) is 61.1 Å². The van der Waals surface area contributed by atoms with Gasteiger partial charge in [0.05, 0.1) is 6.10 Å². The fraction of sp³-hybridized carbons (Fsp3) is 0.500. The van der Waals surface area contributed by atoms with Gasteiger partial charge in [-0.1, -0.05) is 61.0 Å². The fourth-order valence-corrected chi connectivity index (χ4v) is 7.06. The first-order valence-corrected chi connectivity index (χ1v) is 17.3. The van der Waals surface area contributed by atoms with Crippen LogP contribution in [0.3, 0.4) is 0 Å². The third-order valence-corrected chi connectivity index (χ3v) is 10.0. The molecular weight excluding hydrogens is 511 g/mol. The fourth-order valence-electron chi connectivity index (χ4n) is 5.96. The van der Waals surface area contributed by atoms with E-state index in [4.69, 9.17) is 27.9 Å². The minimum Gasteiger partial charge on any atom is -0.377 e. The van der Waals surface area contributed by atoms with E-state index in [-0.39, 0.29) is 29.8 Å². The van der Waals surface area contributed by atoms with E-state index in [1.165, 1.54) is 0 Å². The number of halogens is 2. The minimum absolute atomic E-state index is 0.0892. The highest BCUT2D eigenvalue weighted by molar-refractivity contribution is 6.76. The van der Waals surface area contributed by atoms with Crippen LogP contribution in [-0.2, 0) is 19.9 Å². The molecule has 2 amide bonds. The summed E-state index contributed by atoms with van der Waals surface area (Å²) >= 11 is 12.7. The average Bonchev–Trinajstić information content (AvgIpc) is 3.59. The van der Waals surface area contributed by atoms with Crippen molar-refractivity contribution in [2.45, 2.75) is 68.9 Å². The van der Waals surface area contributed by atoms with Crippen molar-refractivity contribution >= 4 is 48.8 Å². The van der Waals surface area contributed by atoms with Crippen molar-refractivity contribution in [3.8, 4) is 0 Å². The third kappa shape index (κ3) is 4.98. The second kappa shape index (κ2) is 9.79. The van der Waals surface area contributed by atoms with Crippen LogP contribution in [0.25, 0.3) is 0 Å². The molecule has 2 unspecified atom stereocenters. The number of carbonyl (C=O) groups is 2. The predicted octanol–water partition coefficient (Wildman–Crippen LogP) is 6.58. The van der Waals surface area contributed by atoms with Gasteiger partial charge in [-0.3, -0.25) is 9.59 Å². The van der Waals surface area contributed by atoms with Crippen LogP contribution in [-0.4, -0.2) is 32.6 Å². The molecule has 2 fully saturated rings. The van der Waals surface area contributed by atoms with E-state index in [1.807, 2.05) is 24.3 Å². The molecule has 1 aliphatic carbocycles. The number of carbonyl (C=O) groups excluding carboxylic acids is 2. The second-order valence-electron chi connectivity index (χ2n) is 11.7. The summed E-state index contributed by atoms with van der Waals surface area (Å²) in [4.78, 5) is 26.6. The van der Waals surface area contributed by atoms with Crippen LogP contribution in [0.4, 0.5) is 5.69 Å². The van der Waals surface area contributed by atoms with Crippen molar-refractivity contribution in [1.29, 1.82) is 0 Å². The molecule has 1 saturated carbocycles. The van der Waals surface area contributed by atoms with Gasteiger partial charge in [-0.25, -0.2) is 0 Å². The molecule has 2 N–H and O–H groups in total. The summed E-state index contributed by atoms with van der Waals surface area (Å²) < 4.78 is 6.86. The zero-order valence-corrected chi connectivity index (χ0v) is 23.6. The number of nitrogens with one attached hydrogen (secondary N) is 2. The molecule has 0 bridgehead atoms. The number of benzene rings is 2. The van der Waals surface area contributed by atoms with Crippen molar-refractivity contribution < 1.29 is 14.3 Å². The maximum atomic E-state index is 13.8. The quantitative estimate of drug-likeness (QED) is 0.368. The molecule has 5 nitrogen and oxygen atoms in total. The van der Waals surface area contributed by atoms with Crippen molar-refractivity contribution in [3.63, 3.8) is 0 Å². The monoisotopic (exact) mass is 544 g/mol. The van der Waals surface area contributed by atoms with Gasteiger partial charge < -0.3 is 15.4 Å². The van der Waals surface area contributed by atoms with Crippen LogP contribution in [0.2, 0.25) is 35.7 Å². The zero-order chi connectivity index (χ0) is 25.7. The summed E-state index contributed by atoms with van der Waals surface area (Å²) in [6, 6.07) is 14.5. The first kappa shape index (κ1) is 25.8. The molecule has 2 aromatic carbocycles. The summed E-state index contributed by atoms with van der Waals surface area (Å²) in [5, 5.41) is 7.39. The van der Waals surface area contributed by atoms with E-state index in [0.717, 1.165) is 30.0 Å². The molecule has 192 valence electrons. The number of anilines is 1. The molecule has 1 saturated heterocycles. The number of rotatable bonds is 8. The molecular formula is C28H34Cl2N2O3Si. The molecule has 4 atom stereocenters. The van der Waals surface area contributed by atoms with Gasteiger partial charge in [0, 0.05) is 54.2 Å². The van der Waals surface area contributed by atoms with Gasteiger partial charge in [-0.15, -0.1) is 0 Å². The Bertz CT molecular complexity index is 1180. The van der Waals surface area contributed by atoms with Crippen molar-refractivity contribution in [2.75, 3.05) is 11.9 Å². The average molecular weight is 546 g/mol. The molecule has 1 spiro atoms. The van der Waals surface area contributed by atoms with Crippen LogP contribution in [0.5, 0.6) is 0 Å². The molecule has 5 rings (SSSR count). The number of ether oxygens (including phenoxy) is 1. The Morgan fingerprint density at radius 3 is 2.50 bits per heavy atom. The molecule has 3 aliphatic rings. The van der Waals surface area contributed by atoms with Crippen LogP contribution < -0.4 is 10.6 Å². The summed E-state index contributed by atoms with van der Waals surface area (Å²) in [7, 11) is -1.35. The van der Waals surface area contributed by atoms with Crippen LogP contribution in [0, 0.1) is 11.8 Å². The largest absolute Gasteiger partial charge is 0.377 e. The Kier molecular flexibility index (Phi) is 7.01. The number of fused-ring (bicyclic) bond motifs is 2. The highest BCUT2D eigenvalue weighted by Crippen LogP contribution is 2.54. The lowest BCUT2D eigenvalue weighted by Crippen LogP contribution is -2.62. The number of hydrogen-bond acceptors (Lipinski definition) is 3. The normalized spacial score (nSPS) is 25.3. The van der Waals surface area contributed by atoms with Gasteiger partial charge in [-0.2, -0.15) is 0 Å². The van der Waals surface area contributed by atoms with Gasteiger partial charge in [0.2, 0.25) is 5.91 Å². The van der Waals surface area contributed by atoms with Crippen molar-refractivity contribution in [3.05, 3.63) is 63.6 Å². The lowest BCUT2D eigenvalue weighted by molar-refractivity contribution is -0.142. The summed E-state index contributed by atoms with van der Waals surface area (Å²) in [6.45, 7) is 7.66. The lowest BCUT2D eigenvalue weighted by atomic mass is 9.67. The van der Waals surface area contributed by atoms with E-state index >= 15 is 0 Å². The third-order valence-electron chi connectivity index (χ3n) is 7.86. The Morgan fingerprint density at radius 2 is 1.81 bits per heavy atom.